The van der Waals surface area contributed by atoms with Gasteiger partial charge in [-0.1, -0.05) is 24.3 Å². The molecule has 5 heteroatoms. The SMILES string of the molecule is O=c1[nH]c2ccc([C@H]3CC[C@H](NCCOc4ccccc4)CC3)cc2o1. The van der Waals surface area contributed by atoms with Crippen molar-refractivity contribution in [3.05, 3.63) is 64.6 Å². The van der Waals surface area contributed by atoms with Crippen molar-refractivity contribution in [2.75, 3.05) is 13.2 Å². The Bertz CT molecular complexity index is 892. The second-order valence-electron chi connectivity index (χ2n) is 6.93. The first-order valence-electron chi connectivity index (χ1n) is 9.32. The summed E-state index contributed by atoms with van der Waals surface area (Å²) in [7, 11) is 0. The van der Waals surface area contributed by atoms with E-state index in [1.807, 2.05) is 42.5 Å². The van der Waals surface area contributed by atoms with Crippen molar-refractivity contribution < 1.29 is 9.15 Å². The van der Waals surface area contributed by atoms with Crippen LogP contribution in [-0.2, 0) is 0 Å². The molecule has 2 N–H and O–H groups in total. The average molecular weight is 352 g/mol. The molecule has 0 aliphatic heterocycles. The topological polar surface area (TPSA) is 67.3 Å². The minimum Gasteiger partial charge on any atom is -0.492 e. The average Bonchev–Trinajstić information content (AvgIpc) is 3.06. The molecule has 1 heterocycles. The predicted molar refractivity (Wildman–Crippen MR) is 102 cm³/mol. The summed E-state index contributed by atoms with van der Waals surface area (Å²) in [4.78, 5) is 14.0. The Labute approximate surface area is 152 Å². The highest BCUT2D eigenvalue weighted by molar-refractivity contribution is 5.72. The minimum atomic E-state index is -0.386. The van der Waals surface area contributed by atoms with E-state index in [0.29, 0.717) is 24.1 Å². The first-order chi connectivity index (χ1) is 12.8. The van der Waals surface area contributed by atoms with Gasteiger partial charge in [-0.15, -0.1) is 0 Å². The van der Waals surface area contributed by atoms with Crippen LogP contribution in [0.15, 0.2) is 57.7 Å². The third-order valence-corrected chi connectivity index (χ3v) is 5.19. The summed E-state index contributed by atoms with van der Waals surface area (Å²) in [5, 5.41) is 3.61. The zero-order chi connectivity index (χ0) is 17.8. The van der Waals surface area contributed by atoms with E-state index in [0.717, 1.165) is 43.5 Å². The molecule has 4 rings (SSSR count). The van der Waals surface area contributed by atoms with Gasteiger partial charge in [-0.05, 0) is 61.4 Å². The van der Waals surface area contributed by atoms with Crippen LogP contribution in [0.3, 0.4) is 0 Å². The van der Waals surface area contributed by atoms with Crippen molar-refractivity contribution in [2.45, 2.75) is 37.6 Å². The molecule has 0 unspecified atom stereocenters. The van der Waals surface area contributed by atoms with Gasteiger partial charge in [0.2, 0.25) is 0 Å². The molecular weight excluding hydrogens is 328 g/mol. The summed E-state index contributed by atoms with van der Waals surface area (Å²) in [6.07, 6.45) is 4.62. The third-order valence-electron chi connectivity index (χ3n) is 5.19. The van der Waals surface area contributed by atoms with E-state index in [2.05, 4.69) is 16.4 Å². The van der Waals surface area contributed by atoms with E-state index in [1.165, 1.54) is 5.56 Å². The number of hydrogen-bond donors (Lipinski definition) is 2. The van der Waals surface area contributed by atoms with Crippen LogP contribution in [0.1, 0.15) is 37.2 Å². The maximum absolute atomic E-state index is 11.3. The zero-order valence-electron chi connectivity index (χ0n) is 14.7. The molecule has 0 atom stereocenters. The standard InChI is InChI=1S/C21H24N2O3/c24-21-23-19-11-8-16(14-20(19)26-21)15-6-9-17(10-7-15)22-12-13-25-18-4-2-1-3-5-18/h1-5,8,11,14-15,17,22H,6-7,9-10,12-13H2,(H,23,24)/t15-,17-. The van der Waals surface area contributed by atoms with Gasteiger partial charge in [0, 0.05) is 12.6 Å². The number of fused-ring (bicyclic) bond motifs is 1. The maximum Gasteiger partial charge on any atom is 0.417 e. The molecular formula is C21H24N2O3. The van der Waals surface area contributed by atoms with Gasteiger partial charge >= 0.3 is 5.76 Å². The number of rotatable bonds is 6. The number of aromatic amines is 1. The number of ether oxygens (including phenoxy) is 1. The fourth-order valence-corrected chi connectivity index (χ4v) is 3.80. The maximum atomic E-state index is 11.3. The summed E-state index contributed by atoms with van der Waals surface area (Å²) in [6.45, 7) is 1.55. The Kier molecular flexibility index (Phi) is 5.07. The van der Waals surface area contributed by atoms with Gasteiger partial charge in [0.25, 0.3) is 0 Å². The second kappa shape index (κ2) is 7.79. The first kappa shape index (κ1) is 16.9. The molecule has 1 fully saturated rings. The Morgan fingerprint density at radius 2 is 1.88 bits per heavy atom. The van der Waals surface area contributed by atoms with Gasteiger partial charge in [0.15, 0.2) is 5.58 Å². The van der Waals surface area contributed by atoms with E-state index in [9.17, 15) is 4.79 Å². The fourth-order valence-electron chi connectivity index (χ4n) is 3.80. The molecule has 0 bridgehead atoms. The monoisotopic (exact) mass is 352 g/mol. The molecule has 1 aliphatic carbocycles. The molecule has 1 aliphatic rings. The van der Waals surface area contributed by atoms with Crippen LogP contribution in [0.25, 0.3) is 11.1 Å². The molecule has 1 aromatic heterocycles. The number of para-hydroxylation sites is 1. The lowest BCUT2D eigenvalue weighted by molar-refractivity contribution is 0.282. The smallest absolute Gasteiger partial charge is 0.417 e. The van der Waals surface area contributed by atoms with Gasteiger partial charge in [0.05, 0.1) is 5.52 Å². The quantitative estimate of drug-likeness (QED) is 0.662. The zero-order valence-corrected chi connectivity index (χ0v) is 14.7. The van der Waals surface area contributed by atoms with Gasteiger partial charge in [-0.2, -0.15) is 0 Å². The highest BCUT2D eigenvalue weighted by Crippen LogP contribution is 2.33. The van der Waals surface area contributed by atoms with Crippen molar-refractivity contribution in [3.63, 3.8) is 0 Å². The normalized spacial score (nSPS) is 20.3. The molecule has 5 nitrogen and oxygen atoms in total. The van der Waals surface area contributed by atoms with Crippen molar-refractivity contribution >= 4 is 11.1 Å². The predicted octanol–water partition coefficient (Wildman–Crippen LogP) is 3.82. The van der Waals surface area contributed by atoms with Crippen LogP contribution in [0.2, 0.25) is 0 Å². The highest BCUT2D eigenvalue weighted by atomic mass is 16.5. The lowest BCUT2D eigenvalue weighted by Crippen LogP contribution is -2.35. The number of hydrogen-bond acceptors (Lipinski definition) is 4. The number of benzene rings is 2. The summed E-state index contributed by atoms with van der Waals surface area (Å²) in [5.74, 6) is 1.07. The van der Waals surface area contributed by atoms with E-state index in [-0.39, 0.29) is 5.76 Å². The summed E-state index contributed by atoms with van der Waals surface area (Å²) >= 11 is 0. The van der Waals surface area contributed by atoms with E-state index in [1.54, 1.807) is 0 Å². The molecule has 0 radical (unpaired) electrons. The first-order valence-corrected chi connectivity index (χ1v) is 9.32. The number of nitrogens with one attached hydrogen (secondary N) is 2. The largest absolute Gasteiger partial charge is 0.492 e. The van der Waals surface area contributed by atoms with Crippen LogP contribution in [-0.4, -0.2) is 24.2 Å². The second-order valence-corrected chi connectivity index (χ2v) is 6.93. The van der Waals surface area contributed by atoms with Crippen LogP contribution in [0.5, 0.6) is 5.75 Å². The molecule has 136 valence electrons. The van der Waals surface area contributed by atoms with Gasteiger partial charge in [-0.25, -0.2) is 4.79 Å². The number of oxazole rings is 1. The molecule has 0 amide bonds. The Morgan fingerprint density at radius 3 is 2.69 bits per heavy atom. The Balaban J connectivity index is 1.23. The van der Waals surface area contributed by atoms with Gasteiger partial charge in [-0.3, -0.25) is 4.98 Å². The fraction of sp³-hybridized carbons (Fsp3) is 0.381. The van der Waals surface area contributed by atoms with E-state index in [4.69, 9.17) is 9.15 Å². The molecule has 2 aromatic carbocycles. The lowest BCUT2D eigenvalue weighted by atomic mass is 9.81. The molecule has 0 spiro atoms. The van der Waals surface area contributed by atoms with Crippen molar-refractivity contribution in [1.29, 1.82) is 0 Å². The van der Waals surface area contributed by atoms with Crippen LogP contribution >= 0.6 is 0 Å². The van der Waals surface area contributed by atoms with Gasteiger partial charge < -0.3 is 14.5 Å². The van der Waals surface area contributed by atoms with Crippen molar-refractivity contribution in [2.24, 2.45) is 0 Å². The minimum absolute atomic E-state index is 0.386. The summed E-state index contributed by atoms with van der Waals surface area (Å²) < 4.78 is 10.9. The highest BCUT2D eigenvalue weighted by Gasteiger charge is 2.22. The third kappa shape index (κ3) is 3.99. The van der Waals surface area contributed by atoms with Crippen LogP contribution in [0.4, 0.5) is 0 Å². The molecule has 1 saturated carbocycles. The number of H-pyrrole nitrogens is 1. The Hall–Kier alpha value is -2.53. The van der Waals surface area contributed by atoms with Gasteiger partial charge in [0.1, 0.15) is 12.4 Å². The molecule has 0 saturated heterocycles. The van der Waals surface area contributed by atoms with Crippen molar-refractivity contribution in [1.82, 2.24) is 10.3 Å². The van der Waals surface area contributed by atoms with E-state index < -0.39 is 0 Å². The summed E-state index contributed by atoms with van der Waals surface area (Å²) in [6, 6.07) is 16.5. The summed E-state index contributed by atoms with van der Waals surface area (Å²) in [5.41, 5.74) is 2.70. The number of aromatic nitrogens is 1. The van der Waals surface area contributed by atoms with Crippen LogP contribution < -0.4 is 15.8 Å². The van der Waals surface area contributed by atoms with E-state index >= 15 is 0 Å². The Morgan fingerprint density at radius 1 is 1.08 bits per heavy atom. The lowest BCUT2D eigenvalue weighted by Gasteiger charge is -2.29. The molecule has 26 heavy (non-hydrogen) atoms. The van der Waals surface area contributed by atoms with Crippen LogP contribution in [0, 0.1) is 0 Å². The molecule has 3 aromatic rings. The van der Waals surface area contributed by atoms with Crippen molar-refractivity contribution in [3.8, 4) is 5.75 Å².